The Hall–Kier alpha value is -4.62. The lowest BCUT2D eigenvalue weighted by Crippen LogP contribution is -2.09. The second-order valence-electron chi connectivity index (χ2n) is 5.91. The largest absolute Gasteiger partial charge is 0.465 e. The van der Waals surface area contributed by atoms with Crippen LogP contribution in [0.4, 0.5) is 23.0 Å². The van der Waals surface area contributed by atoms with Crippen molar-refractivity contribution in [3.05, 3.63) is 68.0 Å². The molecule has 0 fully saturated rings. The Labute approximate surface area is 180 Å². The molecule has 0 bridgehead atoms. The standard InChI is InChI=1S/C18H18N6O8/c1-31-17(25)11-7-13(23(27)28)15(21-9-11)19-5-3-4-6-20-16-14(24(29)30)8-12(10-22-16)18(26)32-2/h3-4,7-10H,5-6H2,1-2H3,(H,19,21)(H,20,22)/b4-3+. The van der Waals surface area contributed by atoms with Crippen LogP contribution in [0.15, 0.2) is 36.7 Å². The van der Waals surface area contributed by atoms with Gasteiger partial charge in [0.15, 0.2) is 0 Å². The number of pyridine rings is 2. The maximum Gasteiger partial charge on any atom is 0.339 e. The van der Waals surface area contributed by atoms with E-state index in [0.29, 0.717) is 0 Å². The molecule has 0 aliphatic heterocycles. The van der Waals surface area contributed by atoms with Crippen LogP contribution in [0.3, 0.4) is 0 Å². The van der Waals surface area contributed by atoms with E-state index in [1.54, 1.807) is 12.2 Å². The predicted octanol–water partition coefficient (Wildman–Crippen LogP) is 1.95. The SMILES string of the molecule is COC(=O)c1cnc(NC/C=C/CNc2ncc(C(=O)OC)cc2[N+](=O)[O-])c([N+](=O)[O-])c1. The summed E-state index contributed by atoms with van der Waals surface area (Å²) in [6.45, 7) is 0.285. The van der Waals surface area contributed by atoms with Gasteiger partial charge < -0.3 is 20.1 Å². The molecule has 0 saturated carbocycles. The lowest BCUT2D eigenvalue weighted by molar-refractivity contribution is -0.384. The minimum Gasteiger partial charge on any atom is -0.465 e. The van der Waals surface area contributed by atoms with Crippen LogP contribution in [0.5, 0.6) is 0 Å². The van der Waals surface area contributed by atoms with Crippen LogP contribution >= 0.6 is 0 Å². The van der Waals surface area contributed by atoms with Crippen molar-refractivity contribution in [2.45, 2.75) is 0 Å². The lowest BCUT2D eigenvalue weighted by atomic mass is 10.2. The van der Waals surface area contributed by atoms with E-state index in [1.165, 1.54) is 0 Å². The number of carbonyl (C=O) groups is 2. The number of hydrogen-bond acceptors (Lipinski definition) is 12. The number of nitro groups is 2. The van der Waals surface area contributed by atoms with Crippen molar-refractivity contribution in [2.24, 2.45) is 0 Å². The fraction of sp³-hybridized carbons (Fsp3) is 0.222. The van der Waals surface area contributed by atoms with E-state index in [2.05, 4.69) is 30.1 Å². The molecule has 0 aromatic carbocycles. The monoisotopic (exact) mass is 446 g/mol. The third kappa shape index (κ3) is 5.94. The highest BCUT2D eigenvalue weighted by molar-refractivity contribution is 5.91. The zero-order valence-corrected chi connectivity index (χ0v) is 16.9. The van der Waals surface area contributed by atoms with Crippen LogP contribution in [-0.2, 0) is 9.47 Å². The first-order valence-corrected chi connectivity index (χ1v) is 8.86. The Kier molecular flexibility index (Phi) is 8.10. The third-order valence-corrected chi connectivity index (χ3v) is 3.91. The molecule has 2 N–H and O–H groups in total. The summed E-state index contributed by atoms with van der Waals surface area (Å²) >= 11 is 0. The van der Waals surface area contributed by atoms with Gasteiger partial charge in [-0.2, -0.15) is 0 Å². The number of esters is 2. The molecule has 0 saturated heterocycles. The maximum absolute atomic E-state index is 11.5. The van der Waals surface area contributed by atoms with Gasteiger partial charge in [-0.1, -0.05) is 12.2 Å². The van der Waals surface area contributed by atoms with E-state index < -0.39 is 33.2 Å². The molecule has 32 heavy (non-hydrogen) atoms. The summed E-state index contributed by atoms with van der Waals surface area (Å²) in [5.74, 6) is -1.59. The minimum absolute atomic E-state index is 0.0454. The molecule has 0 unspecified atom stereocenters. The number of nitrogens with zero attached hydrogens (tertiary/aromatic N) is 4. The summed E-state index contributed by atoms with van der Waals surface area (Å²) < 4.78 is 9.02. The van der Waals surface area contributed by atoms with Gasteiger partial charge >= 0.3 is 23.3 Å². The number of methoxy groups -OCH3 is 2. The molecule has 14 heteroatoms. The molecule has 2 rings (SSSR count). The van der Waals surface area contributed by atoms with E-state index in [0.717, 1.165) is 38.7 Å². The first kappa shape index (κ1) is 23.7. The first-order chi connectivity index (χ1) is 15.3. The quantitative estimate of drug-likeness (QED) is 0.234. The average molecular weight is 446 g/mol. The predicted molar refractivity (Wildman–Crippen MR) is 111 cm³/mol. The van der Waals surface area contributed by atoms with Crippen molar-refractivity contribution in [3.8, 4) is 0 Å². The van der Waals surface area contributed by atoms with Crippen molar-refractivity contribution >= 4 is 34.9 Å². The molecule has 14 nitrogen and oxygen atoms in total. The van der Waals surface area contributed by atoms with E-state index in [1.807, 2.05) is 0 Å². The summed E-state index contributed by atoms with van der Waals surface area (Å²) in [6, 6.07) is 2.10. The number of aromatic nitrogens is 2. The van der Waals surface area contributed by atoms with Crippen LogP contribution < -0.4 is 10.6 Å². The van der Waals surface area contributed by atoms with Gasteiger partial charge in [0, 0.05) is 37.6 Å². The molecular formula is C18H18N6O8. The molecule has 2 heterocycles. The molecule has 0 spiro atoms. The van der Waals surface area contributed by atoms with Crippen LogP contribution in [0.25, 0.3) is 0 Å². The van der Waals surface area contributed by atoms with Gasteiger partial charge in [0.2, 0.25) is 11.6 Å². The Morgan fingerprint density at radius 1 is 0.875 bits per heavy atom. The molecule has 2 aromatic heterocycles. The lowest BCUT2D eigenvalue weighted by Gasteiger charge is -2.06. The summed E-state index contributed by atoms with van der Waals surface area (Å²) in [6.07, 6.45) is 5.49. The zero-order valence-electron chi connectivity index (χ0n) is 16.9. The Bertz CT molecular complexity index is 988. The maximum atomic E-state index is 11.5. The molecule has 0 aliphatic rings. The van der Waals surface area contributed by atoms with Crippen molar-refractivity contribution in [1.82, 2.24) is 9.97 Å². The Balaban J connectivity index is 1.98. The van der Waals surface area contributed by atoms with Gasteiger partial charge in [-0.05, 0) is 0 Å². The van der Waals surface area contributed by atoms with Crippen molar-refractivity contribution in [2.75, 3.05) is 37.9 Å². The van der Waals surface area contributed by atoms with Gasteiger partial charge in [-0.15, -0.1) is 0 Å². The molecule has 168 valence electrons. The van der Waals surface area contributed by atoms with E-state index >= 15 is 0 Å². The highest BCUT2D eigenvalue weighted by Gasteiger charge is 2.20. The topological polar surface area (TPSA) is 189 Å². The van der Waals surface area contributed by atoms with E-state index in [9.17, 15) is 29.8 Å². The highest BCUT2D eigenvalue weighted by Crippen LogP contribution is 2.24. The minimum atomic E-state index is -0.750. The Morgan fingerprint density at radius 3 is 1.56 bits per heavy atom. The summed E-state index contributed by atoms with van der Waals surface area (Å²) in [5, 5.41) is 27.9. The molecule has 0 amide bonds. The molecule has 0 radical (unpaired) electrons. The van der Waals surface area contributed by atoms with Gasteiger partial charge in [0.25, 0.3) is 0 Å². The summed E-state index contributed by atoms with van der Waals surface area (Å²) in [4.78, 5) is 51.8. The van der Waals surface area contributed by atoms with Gasteiger partial charge in [0.1, 0.15) is 0 Å². The number of rotatable bonds is 10. The number of hydrogen-bond donors (Lipinski definition) is 2. The van der Waals surface area contributed by atoms with Crippen molar-refractivity contribution in [1.29, 1.82) is 0 Å². The number of ether oxygens (including phenoxy) is 2. The second-order valence-corrected chi connectivity index (χ2v) is 5.91. The normalized spacial score (nSPS) is 10.4. The molecule has 2 aromatic rings. The van der Waals surface area contributed by atoms with Gasteiger partial charge in [-0.3, -0.25) is 20.2 Å². The number of nitrogens with one attached hydrogen (secondary N) is 2. The first-order valence-electron chi connectivity index (χ1n) is 8.86. The highest BCUT2D eigenvalue weighted by atomic mass is 16.6. The smallest absolute Gasteiger partial charge is 0.339 e. The summed E-state index contributed by atoms with van der Waals surface area (Å²) in [7, 11) is 2.30. The van der Waals surface area contributed by atoms with Crippen LogP contribution in [0.2, 0.25) is 0 Å². The van der Waals surface area contributed by atoms with Gasteiger partial charge in [0.05, 0.1) is 35.2 Å². The number of carbonyl (C=O) groups excluding carboxylic acids is 2. The van der Waals surface area contributed by atoms with E-state index in [-0.39, 0.29) is 35.9 Å². The van der Waals surface area contributed by atoms with Crippen molar-refractivity contribution < 1.29 is 28.9 Å². The van der Waals surface area contributed by atoms with Crippen molar-refractivity contribution in [3.63, 3.8) is 0 Å². The van der Waals surface area contributed by atoms with E-state index in [4.69, 9.17) is 0 Å². The number of anilines is 2. The third-order valence-electron chi connectivity index (χ3n) is 3.91. The molecular weight excluding hydrogens is 428 g/mol. The fourth-order valence-corrected chi connectivity index (χ4v) is 2.39. The average Bonchev–Trinajstić information content (AvgIpc) is 2.79. The van der Waals surface area contributed by atoms with Crippen LogP contribution in [0.1, 0.15) is 20.7 Å². The molecule has 0 atom stereocenters. The van der Waals surface area contributed by atoms with Crippen LogP contribution in [-0.4, -0.2) is 59.1 Å². The fourth-order valence-electron chi connectivity index (χ4n) is 2.39. The zero-order chi connectivity index (χ0) is 23.7. The molecule has 0 aliphatic carbocycles. The second kappa shape index (κ2) is 11.0. The summed E-state index contributed by atoms with van der Waals surface area (Å²) in [5.41, 5.74) is -0.913. The Morgan fingerprint density at radius 2 is 1.25 bits per heavy atom. The van der Waals surface area contributed by atoms with Crippen LogP contribution in [0, 0.1) is 20.2 Å². The van der Waals surface area contributed by atoms with Gasteiger partial charge in [-0.25, -0.2) is 19.6 Å².